The molecule has 0 aliphatic carbocycles. The highest BCUT2D eigenvalue weighted by Gasteiger charge is 2.29. The Balaban J connectivity index is 1.51. The third-order valence-corrected chi connectivity index (χ3v) is 5.23. The number of likely N-dealkylation sites (tertiary alicyclic amines) is 1. The fourth-order valence-corrected chi connectivity index (χ4v) is 3.59. The fraction of sp³-hybridized carbons (Fsp3) is 0.286. The summed E-state index contributed by atoms with van der Waals surface area (Å²) in [5, 5.41) is 4.77. The Bertz CT molecular complexity index is 952. The van der Waals surface area contributed by atoms with Crippen LogP contribution in [0.3, 0.4) is 0 Å². The lowest BCUT2D eigenvalue weighted by Crippen LogP contribution is -2.39. The zero-order chi connectivity index (χ0) is 18.8. The van der Waals surface area contributed by atoms with E-state index in [2.05, 4.69) is 10.1 Å². The number of amides is 1. The summed E-state index contributed by atoms with van der Waals surface area (Å²) in [5.74, 6) is 1.25. The molecule has 3 aromatic rings. The van der Waals surface area contributed by atoms with Gasteiger partial charge in [0.25, 0.3) is 5.91 Å². The molecule has 1 aromatic heterocycles. The lowest BCUT2D eigenvalue weighted by Gasteiger charge is -2.31. The third-order valence-electron chi connectivity index (χ3n) is 4.98. The zero-order valence-electron chi connectivity index (χ0n) is 15.1. The van der Waals surface area contributed by atoms with Crippen LogP contribution < -0.4 is 0 Å². The van der Waals surface area contributed by atoms with Crippen molar-refractivity contribution in [2.24, 2.45) is 0 Å². The lowest BCUT2D eigenvalue weighted by molar-refractivity contribution is 0.0695. The molecule has 1 aliphatic heterocycles. The first kappa shape index (κ1) is 17.7. The van der Waals surface area contributed by atoms with E-state index in [-0.39, 0.29) is 11.8 Å². The number of aromatic nitrogens is 2. The molecule has 5 nitrogen and oxygen atoms in total. The molecule has 0 N–H and O–H groups in total. The maximum Gasteiger partial charge on any atom is 0.254 e. The Morgan fingerprint density at radius 1 is 1.19 bits per heavy atom. The van der Waals surface area contributed by atoms with Gasteiger partial charge in [0, 0.05) is 29.2 Å². The van der Waals surface area contributed by atoms with E-state index < -0.39 is 0 Å². The molecule has 2 heterocycles. The van der Waals surface area contributed by atoms with Crippen LogP contribution in [0.4, 0.5) is 0 Å². The highest BCUT2D eigenvalue weighted by atomic mass is 35.5. The van der Waals surface area contributed by atoms with Gasteiger partial charge >= 0.3 is 0 Å². The minimum Gasteiger partial charge on any atom is -0.339 e. The van der Waals surface area contributed by atoms with E-state index in [1.807, 2.05) is 48.2 Å². The number of nitrogens with zero attached hydrogens (tertiary/aromatic N) is 3. The maximum atomic E-state index is 12.9. The molecule has 0 spiro atoms. The van der Waals surface area contributed by atoms with Crippen LogP contribution in [0.15, 0.2) is 53.1 Å². The molecule has 27 heavy (non-hydrogen) atoms. The van der Waals surface area contributed by atoms with Gasteiger partial charge in [0.1, 0.15) is 0 Å². The normalized spacial score (nSPS) is 17.1. The predicted molar refractivity (Wildman–Crippen MR) is 104 cm³/mol. The van der Waals surface area contributed by atoms with Gasteiger partial charge in [0.2, 0.25) is 11.7 Å². The van der Waals surface area contributed by atoms with Crippen LogP contribution in [-0.2, 0) is 0 Å². The SMILES string of the molecule is Cc1ccccc1C(=O)N1CCCC(c2nc(-c3ccc(Cl)cc3)no2)C1. The monoisotopic (exact) mass is 381 g/mol. The van der Waals surface area contributed by atoms with E-state index in [0.29, 0.717) is 23.3 Å². The number of carbonyl (C=O) groups excluding carboxylic acids is 1. The van der Waals surface area contributed by atoms with Crippen molar-refractivity contribution in [1.29, 1.82) is 0 Å². The van der Waals surface area contributed by atoms with Crippen molar-refractivity contribution in [3.63, 3.8) is 0 Å². The first-order valence-corrected chi connectivity index (χ1v) is 9.44. The summed E-state index contributed by atoms with van der Waals surface area (Å²) in [4.78, 5) is 19.4. The van der Waals surface area contributed by atoms with E-state index in [1.165, 1.54) is 0 Å². The number of carbonyl (C=O) groups is 1. The zero-order valence-corrected chi connectivity index (χ0v) is 15.8. The number of piperidine rings is 1. The number of aryl methyl sites for hydroxylation is 1. The molecule has 138 valence electrons. The summed E-state index contributed by atoms with van der Waals surface area (Å²) < 4.78 is 5.51. The maximum absolute atomic E-state index is 12.9. The summed E-state index contributed by atoms with van der Waals surface area (Å²) >= 11 is 5.93. The number of hydrogen-bond donors (Lipinski definition) is 0. The van der Waals surface area contributed by atoms with Crippen LogP contribution >= 0.6 is 11.6 Å². The largest absolute Gasteiger partial charge is 0.339 e. The Hall–Kier alpha value is -2.66. The highest BCUT2D eigenvalue weighted by molar-refractivity contribution is 6.30. The second-order valence-corrected chi connectivity index (χ2v) is 7.30. The molecule has 1 aliphatic rings. The summed E-state index contributed by atoms with van der Waals surface area (Å²) in [7, 11) is 0. The molecule has 4 rings (SSSR count). The van der Waals surface area contributed by atoms with Gasteiger partial charge in [0.15, 0.2) is 0 Å². The minimum atomic E-state index is 0.0558. The fourth-order valence-electron chi connectivity index (χ4n) is 3.46. The van der Waals surface area contributed by atoms with Crippen molar-refractivity contribution in [2.45, 2.75) is 25.7 Å². The second-order valence-electron chi connectivity index (χ2n) is 6.87. The Morgan fingerprint density at radius 2 is 1.96 bits per heavy atom. The number of benzene rings is 2. The molecule has 0 radical (unpaired) electrons. The van der Waals surface area contributed by atoms with Crippen LogP contribution in [-0.4, -0.2) is 34.0 Å². The standard InChI is InChI=1S/C21H20ClN3O2/c1-14-5-2-3-7-18(14)21(26)25-12-4-6-16(13-25)20-23-19(24-27-20)15-8-10-17(22)11-9-15/h2-3,5,7-11,16H,4,6,12-13H2,1H3. The highest BCUT2D eigenvalue weighted by Crippen LogP contribution is 2.29. The van der Waals surface area contributed by atoms with Gasteiger partial charge in [-0.1, -0.05) is 35.0 Å². The van der Waals surface area contributed by atoms with E-state index in [9.17, 15) is 4.79 Å². The first-order chi connectivity index (χ1) is 13.1. The predicted octanol–water partition coefficient (Wildman–Crippen LogP) is 4.72. The second kappa shape index (κ2) is 7.53. The Labute approximate surface area is 163 Å². The molecule has 1 amide bonds. The van der Waals surface area contributed by atoms with Gasteiger partial charge in [-0.15, -0.1) is 0 Å². The van der Waals surface area contributed by atoms with Crippen LogP contribution in [0.25, 0.3) is 11.4 Å². The van der Waals surface area contributed by atoms with Gasteiger partial charge in [-0.05, 0) is 55.7 Å². The third kappa shape index (κ3) is 3.74. The smallest absolute Gasteiger partial charge is 0.254 e. The van der Waals surface area contributed by atoms with Gasteiger partial charge in [0.05, 0.1) is 5.92 Å². The summed E-state index contributed by atoms with van der Waals surface area (Å²) in [6.45, 7) is 3.31. The summed E-state index contributed by atoms with van der Waals surface area (Å²) in [5.41, 5.74) is 2.61. The van der Waals surface area contributed by atoms with Gasteiger partial charge < -0.3 is 9.42 Å². The van der Waals surface area contributed by atoms with Crippen LogP contribution in [0.5, 0.6) is 0 Å². The topological polar surface area (TPSA) is 59.2 Å². The van der Waals surface area contributed by atoms with Crippen LogP contribution in [0.1, 0.15) is 40.6 Å². The average molecular weight is 382 g/mol. The molecular formula is C21H20ClN3O2. The molecule has 6 heteroatoms. The summed E-state index contributed by atoms with van der Waals surface area (Å²) in [6, 6.07) is 15.0. The van der Waals surface area contributed by atoms with E-state index in [0.717, 1.165) is 36.1 Å². The summed E-state index contributed by atoms with van der Waals surface area (Å²) in [6.07, 6.45) is 1.85. The van der Waals surface area contributed by atoms with Gasteiger partial charge in [-0.25, -0.2) is 0 Å². The molecular weight excluding hydrogens is 362 g/mol. The van der Waals surface area contributed by atoms with Crippen molar-refractivity contribution in [1.82, 2.24) is 15.0 Å². The Kier molecular flexibility index (Phi) is 4.94. The number of rotatable bonds is 3. The van der Waals surface area contributed by atoms with Crippen molar-refractivity contribution >= 4 is 17.5 Å². The van der Waals surface area contributed by atoms with Crippen LogP contribution in [0.2, 0.25) is 5.02 Å². The average Bonchev–Trinajstić information content (AvgIpc) is 3.19. The Morgan fingerprint density at radius 3 is 2.74 bits per heavy atom. The molecule has 0 saturated carbocycles. The number of halogens is 1. The van der Waals surface area contributed by atoms with Gasteiger partial charge in [-0.2, -0.15) is 4.98 Å². The number of hydrogen-bond acceptors (Lipinski definition) is 4. The molecule has 1 atom stereocenters. The van der Waals surface area contributed by atoms with Crippen molar-refractivity contribution in [3.05, 3.63) is 70.6 Å². The van der Waals surface area contributed by atoms with E-state index in [4.69, 9.17) is 16.1 Å². The minimum absolute atomic E-state index is 0.0558. The van der Waals surface area contributed by atoms with Crippen molar-refractivity contribution in [2.75, 3.05) is 13.1 Å². The quantitative estimate of drug-likeness (QED) is 0.658. The van der Waals surface area contributed by atoms with E-state index in [1.54, 1.807) is 12.1 Å². The molecule has 0 bridgehead atoms. The van der Waals surface area contributed by atoms with Crippen molar-refractivity contribution in [3.8, 4) is 11.4 Å². The van der Waals surface area contributed by atoms with Crippen LogP contribution in [0, 0.1) is 6.92 Å². The molecule has 1 saturated heterocycles. The molecule has 1 fully saturated rings. The molecule has 1 unspecified atom stereocenters. The lowest BCUT2D eigenvalue weighted by atomic mass is 9.96. The van der Waals surface area contributed by atoms with Gasteiger partial charge in [-0.3, -0.25) is 4.79 Å². The van der Waals surface area contributed by atoms with E-state index >= 15 is 0 Å². The first-order valence-electron chi connectivity index (χ1n) is 9.06. The van der Waals surface area contributed by atoms with Crippen molar-refractivity contribution < 1.29 is 9.32 Å². The molecule has 2 aromatic carbocycles.